The predicted molar refractivity (Wildman–Crippen MR) is 41.2 cm³/mol. The van der Waals surface area contributed by atoms with E-state index in [4.69, 9.17) is 0 Å². The van der Waals surface area contributed by atoms with Crippen molar-refractivity contribution in [3.05, 3.63) is 0 Å². The fourth-order valence-corrected chi connectivity index (χ4v) is 1.56. The molecule has 13 heavy (non-hydrogen) atoms. The van der Waals surface area contributed by atoms with Crippen molar-refractivity contribution >= 4 is 49.7 Å². The summed E-state index contributed by atoms with van der Waals surface area (Å²) >= 11 is 0. The van der Waals surface area contributed by atoms with E-state index in [-0.39, 0.29) is 37.7 Å². The molecule has 0 aromatic rings. The molecular weight excluding hydrogens is 200 g/mol. The van der Waals surface area contributed by atoms with Gasteiger partial charge in [0.25, 0.3) is 0 Å². The van der Waals surface area contributed by atoms with Crippen LogP contribution in [-0.2, 0) is 9.59 Å². The molecule has 0 unspecified atom stereocenters. The maximum absolute atomic E-state index is 10.4. The predicted octanol–water partition coefficient (Wildman–Crippen LogP) is -2.09. The monoisotopic (exact) mass is 210 g/mol. The maximum Gasteiger partial charge on any atom is 2.00 e. The molecule has 0 amide bonds. The van der Waals surface area contributed by atoms with E-state index < -0.39 is 23.8 Å². The van der Waals surface area contributed by atoms with Crippen LogP contribution in [0.1, 0.15) is 25.7 Å². The van der Waals surface area contributed by atoms with Crippen LogP contribution in [0.4, 0.5) is 0 Å². The van der Waals surface area contributed by atoms with Gasteiger partial charge in [0.2, 0.25) is 0 Å². The SMILES string of the molecule is O=C([O-])C1CCC(C(=O)[O-])CC1.[Ca+2]. The van der Waals surface area contributed by atoms with E-state index in [1.165, 1.54) is 0 Å². The van der Waals surface area contributed by atoms with Crippen LogP contribution in [0.5, 0.6) is 0 Å². The Balaban J connectivity index is 0.00000144. The van der Waals surface area contributed by atoms with E-state index in [2.05, 4.69) is 0 Å². The standard InChI is InChI=1S/C8H12O4.Ca/c9-7(10)5-1-2-6(4-3-5)8(11)12;/h5-6H,1-4H2,(H,9,10)(H,11,12);/q;+2/p-2. The van der Waals surface area contributed by atoms with Gasteiger partial charge in [-0.3, -0.25) is 0 Å². The van der Waals surface area contributed by atoms with Crippen molar-refractivity contribution in [2.24, 2.45) is 11.8 Å². The molecule has 0 bridgehead atoms. The number of carbonyl (C=O) groups is 2. The van der Waals surface area contributed by atoms with Crippen LogP contribution >= 0.6 is 0 Å². The topological polar surface area (TPSA) is 80.3 Å². The smallest absolute Gasteiger partial charge is 0.550 e. The molecule has 1 rings (SSSR count). The summed E-state index contributed by atoms with van der Waals surface area (Å²) in [6, 6.07) is 0. The van der Waals surface area contributed by atoms with Crippen molar-refractivity contribution in [1.29, 1.82) is 0 Å². The van der Waals surface area contributed by atoms with Gasteiger partial charge in [-0.25, -0.2) is 0 Å². The number of rotatable bonds is 2. The first kappa shape index (κ1) is 13.2. The molecule has 1 saturated carbocycles. The molecule has 0 saturated heterocycles. The molecule has 0 atom stereocenters. The van der Waals surface area contributed by atoms with Gasteiger partial charge in [-0.05, 0) is 37.5 Å². The quantitative estimate of drug-likeness (QED) is 0.489. The van der Waals surface area contributed by atoms with E-state index in [0.29, 0.717) is 25.7 Å². The van der Waals surface area contributed by atoms with Gasteiger partial charge >= 0.3 is 37.7 Å². The fourth-order valence-electron chi connectivity index (χ4n) is 1.56. The van der Waals surface area contributed by atoms with Gasteiger partial charge in [-0.15, -0.1) is 0 Å². The molecule has 0 N–H and O–H groups in total. The van der Waals surface area contributed by atoms with Gasteiger partial charge in [0.1, 0.15) is 0 Å². The van der Waals surface area contributed by atoms with Gasteiger partial charge in [-0.2, -0.15) is 0 Å². The molecule has 0 aromatic carbocycles. The molecule has 5 heteroatoms. The molecule has 0 heterocycles. The molecule has 1 fully saturated rings. The van der Waals surface area contributed by atoms with Crippen molar-refractivity contribution in [3.8, 4) is 0 Å². The summed E-state index contributed by atoms with van der Waals surface area (Å²) in [6.45, 7) is 0. The van der Waals surface area contributed by atoms with Crippen molar-refractivity contribution < 1.29 is 19.8 Å². The van der Waals surface area contributed by atoms with E-state index in [9.17, 15) is 19.8 Å². The molecule has 0 aromatic heterocycles. The molecule has 68 valence electrons. The van der Waals surface area contributed by atoms with E-state index in [1.54, 1.807) is 0 Å². The van der Waals surface area contributed by atoms with Crippen LogP contribution < -0.4 is 10.2 Å². The molecule has 0 radical (unpaired) electrons. The van der Waals surface area contributed by atoms with Crippen LogP contribution in [0, 0.1) is 11.8 Å². The number of carbonyl (C=O) groups excluding carboxylic acids is 2. The van der Waals surface area contributed by atoms with E-state index >= 15 is 0 Å². The number of hydrogen-bond donors (Lipinski definition) is 0. The molecular formula is C8H10CaO4. The third kappa shape index (κ3) is 3.83. The first-order chi connectivity index (χ1) is 5.61. The Morgan fingerprint density at radius 1 is 0.846 bits per heavy atom. The molecule has 1 aliphatic carbocycles. The van der Waals surface area contributed by atoms with Crippen LogP contribution in [0.25, 0.3) is 0 Å². The summed E-state index contributed by atoms with van der Waals surface area (Å²) in [6.07, 6.45) is 1.62. The fraction of sp³-hybridized carbons (Fsp3) is 0.750. The number of aliphatic carboxylic acids is 2. The minimum absolute atomic E-state index is 0. The first-order valence-electron chi connectivity index (χ1n) is 4.03. The minimum Gasteiger partial charge on any atom is -0.550 e. The summed E-state index contributed by atoms with van der Waals surface area (Å²) < 4.78 is 0. The Morgan fingerprint density at radius 2 is 1.08 bits per heavy atom. The zero-order valence-electron chi connectivity index (χ0n) is 7.32. The summed E-state index contributed by atoms with van der Waals surface area (Å²) in [4.78, 5) is 20.7. The summed E-state index contributed by atoms with van der Waals surface area (Å²) in [5.74, 6) is -3.04. The second-order valence-electron chi connectivity index (χ2n) is 3.19. The van der Waals surface area contributed by atoms with E-state index in [0.717, 1.165) is 0 Å². The van der Waals surface area contributed by atoms with Gasteiger partial charge in [0.05, 0.1) is 0 Å². The van der Waals surface area contributed by atoms with Gasteiger partial charge in [-0.1, -0.05) is 0 Å². The summed E-state index contributed by atoms with van der Waals surface area (Å²) in [5, 5.41) is 20.7. The molecule has 1 aliphatic rings. The normalized spacial score (nSPS) is 27.4. The first-order valence-corrected chi connectivity index (χ1v) is 4.03. The van der Waals surface area contributed by atoms with Crippen LogP contribution in [-0.4, -0.2) is 49.7 Å². The van der Waals surface area contributed by atoms with Crippen LogP contribution in [0.2, 0.25) is 0 Å². The zero-order valence-corrected chi connectivity index (χ0v) is 9.53. The second-order valence-corrected chi connectivity index (χ2v) is 3.19. The zero-order chi connectivity index (χ0) is 9.14. The Hall–Kier alpha value is 0.200. The Morgan fingerprint density at radius 3 is 1.23 bits per heavy atom. The third-order valence-corrected chi connectivity index (χ3v) is 2.39. The average Bonchev–Trinajstić information content (AvgIpc) is 2.04. The minimum atomic E-state index is -1.06. The van der Waals surface area contributed by atoms with Crippen molar-refractivity contribution in [2.75, 3.05) is 0 Å². The molecule has 0 aliphatic heterocycles. The van der Waals surface area contributed by atoms with Gasteiger partial charge < -0.3 is 19.8 Å². The third-order valence-electron chi connectivity index (χ3n) is 2.39. The van der Waals surface area contributed by atoms with Crippen molar-refractivity contribution in [2.45, 2.75) is 25.7 Å². The Labute approximate surface area is 106 Å². The van der Waals surface area contributed by atoms with E-state index in [1.807, 2.05) is 0 Å². The Bertz CT molecular complexity index is 174. The molecule has 4 nitrogen and oxygen atoms in total. The number of carboxylic acids is 2. The number of carboxylic acid groups (broad SMARTS) is 2. The van der Waals surface area contributed by atoms with Gasteiger partial charge in [0, 0.05) is 11.9 Å². The maximum atomic E-state index is 10.4. The Kier molecular flexibility index (Phi) is 5.92. The van der Waals surface area contributed by atoms with Crippen LogP contribution in [0.3, 0.4) is 0 Å². The largest absolute Gasteiger partial charge is 2.00 e. The average molecular weight is 210 g/mol. The summed E-state index contributed by atoms with van der Waals surface area (Å²) in [5.41, 5.74) is 0. The van der Waals surface area contributed by atoms with Gasteiger partial charge in [0.15, 0.2) is 0 Å². The van der Waals surface area contributed by atoms with Crippen molar-refractivity contribution in [3.63, 3.8) is 0 Å². The summed E-state index contributed by atoms with van der Waals surface area (Å²) in [7, 11) is 0. The second kappa shape index (κ2) is 5.83. The number of hydrogen-bond acceptors (Lipinski definition) is 4. The molecule has 0 spiro atoms. The van der Waals surface area contributed by atoms with Crippen molar-refractivity contribution in [1.82, 2.24) is 0 Å². The van der Waals surface area contributed by atoms with Crippen LogP contribution in [0.15, 0.2) is 0 Å².